The van der Waals surface area contributed by atoms with Gasteiger partial charge in [0.2, 0.25) is 0 Å². The normalized spacial score (nSPS) is 20.2. The van der Waals surface area contributed by atoms with Crippen molar-refractivity contribution in [3.8, 4) is 0 Å². The lowest BCUT2D eigenvalue weighted by Gasteiger charge is -2.35. The van der Waals surface area contributed by atoms with E-state index in [1.165, 1.54) is 0 Å². The minimum atomic E-state index is -4.22. The van der Waals surface area contributed by atoms with Crippen LogP contribution in [0.15, 0.2) is 0 Å². The molecule has 0 bridgehead atoms. The number of hydrogen-bond acceptors (Lipinski definition) is 4. The Morgan fingerprint density at radius 1 is 1.15 bits per heavy atom. The highest BCUT2D eigenvalue weighted by molar-refractivity contribution is 4.73. The topological polar surface area (TPSA) is 41.7 Å². The Labute approximate surface area is 119 Å². The highest BCUT2D eigenvalue weighted by Gasteiger charge is 2.27. The summed E-state index contributed by atoms with van der Waals surface area (Å²) < 4.78 is 40.2. The molecule has 0 spiro atoms. The van der Waals surface area contributed by atoms with Gasteiger partial charge in [-0.3, -0.25) is 0 Å². The summed E-state index contributed by atoms with van der Waals surface area (Å²) in [7, 11) is 0. The fraction of sp³-hybridized carbons (Fsp3) is 1.00. The molecule has 1 rings (SSSR count). The van der Waals surface area contributed by atoms with Gasteiger partial charge in [-0.15, -0.1) is 0 Å². The van der Waals surface area contributed by atoms with Crippen LogP contribution in [0.3, 0.4) is 0 Å². The van der Waals surface area contributed by atoms with Crippen LogP contribution in [0.25, 0.3) is 0 Å². The van der Waals surface area contributed by atoms with Crippen LogP contribution in [-0.4, -0.2) is 75.0 Å². The molecular weight excluding hydrogens is 271 g/mol. The molecule has 0 aliphatic carbocycles. The standard InChI is InChI=1S/C13H26F3N3O/c1-12(9-17)10-19-6-4-18(5-7-19)3-2-8-20-11-13(14,15)16/h12H,2-11,17H2,1H3. The molecule has 1 aliphatic rings. The SMILES string of the molecule is CC(CN)CN1CCN(CCCOCC(F)(F)F)CC1. The van der Waals surface area contributed by atoms with Crippen molar-refractivity contribution in [2.45, 2.75) is 19.5 Å². The van der Waals surface area contributed by atoms with E-state index in [9.17, 15) is 13.2 Å². The number of halogens is 3. The van der Waals surface area contributed by atoms with Gasteiger partial charge in [0.15, 0.2) is 0 Å². The van der Waals surface area contributed by atoms with E-state index in [0.29, 0.717) is 18.9 Å². The fourth-order valence-electron chi connectivity index (χ4n) is 2.29. The summed E-state index contributed by atoms with van der Waals surface area (Å²) in [4.78, 5) is 4.68. The smallest absolute Gasteiger partial charge is 0.372 e. The van der Waals surface area contributed by atoms with E-state index in [2.05, 4.69) is 21.5 Å². The van der Waals surface area contributed by atoms with Gasteiger partial charge < -0.3 is 20.3 Å². The van der Waals surface area contributed by atoms with Crippen LogP contribution in [0.4, 0.5) is 13.2 Å². The maximum Gasteiger partial charge on any atom is 0.411 e. The van der Waals surface area contributed by atoms with Crippen LogP contribution >= 0.6 is 0 Å². The molecule has 0 saturated carbocycles. The number of alkyl halides is 3. The van der Waals surface area contributed by atoms with Crippen LogP contribution in [0.2, 0.25) is 0 Å². The summed E-state index contributed by atoms with van der Waals surface area (Å²) in [5.41, 5.74) is 5.61. The Morgan fingerprint density at radius 2 is 1.75 bits per heavy atom. The van der Waals surface area contributed by atoms with Crippen molar-refractivity contribution in [3.63, 3.8) is 0 Å². The Bertz CT molecular complexity index is 256. The summed E-state index contributed by atoms with van der Waals surface area (Å²) in [5, 5.41) is 0. The third-order valence-electron chi connectivity index (χ3n) is 3.47. The van der Waals surface area contributed by atoms with Gasteiger partial charge in [0, 0.05) is 45.9 Å². The molecule has 2 N–H and O–H groups in total. The second-order valence-electron chi connectivity index (χ2n) is 5.50. The summed E-state index contributed by atoms with van der Waals surface area (Å²) in [6.07, 6.45) is -3.57. The van der Waals surface area contributed by atoms with E-state index in [1.807, 2.05) is 0 Å². The van der Waals surface area contributed by atoms with Gasteiger partial charge in [0.25, 0.3) is 0 Å². The molecule has 1 saturated heterocycles. The van der Waals surface area contributed by atoms with Crippen molar-refractivity contribution in [2.24, 2.45) is 11.7 Å². The van der Waals surface area contributed by atoms with Crippen molar-refractivity contribution in [3.05, 3.63) is 0 Å². The lowest BCUT2D eigenvalue weighted by Crippen LogP contribution is -2.48. The van der Waals surface area contributed by atoms with E-state index in [-0.39, 0.29) is 6.61 Å². The molecule has 4 nitrogen and oxygen atoms in total. The second-order valence-corrected chi connectivity index (χ2v) is 5.50. The molecule has 0 aromatic heterocycles. The van der Waals surface area contributed by atoms with Crippen LogP contribution in [-0.2, 0) is 4.74 Å². The molecule has 1 heterocycles. The number of piperazine rings is 1. The molecule has 0 aromatic rings. The quantitative estimate of drug-likeness (QED) is 0.683. The van der Waals surface area contributed by atoms with Crippen molar-refractivity contribution >= 4 is 0 Å². The van der Waals surface area contributed by atoms with Crippen LogP contribution in [0, 0.1) is 5.92 Å². The maximum atomic E-state index is 11.9. The third-order valence-corrected chi connectivity index (χ3v) is 3.47. The van der Waals surface area contributed by atoms with Crippen LogP contribution in [0.1, 0.15) is 13.3 Å². The molecule has 1 atom stereocenters. The highest BCUT2D eigenvalue weighted by Crippen LogP contribution is 2.14. The molecule has 1 aliphatic heterocycles. The van der Waals surface area contributed by atoms with Gasteiger partial charge in [-0.05, 0) is 18.9 Å². The molecule has 120 valence electrons. The largest absolute Gasteiger partial charge is 0.411 e. The molecule has 7 heteroatoms. The first-order chi connectivity index (χ1) is 9.40. The van der Waals surface area contributed by atoms with E-state index >= 15 is 0 Å². The van der Waals surface area contributed by atoms with Gasteiger partial charge in [0.05, 0.1) is 0 Å². The van der Waals surface area contributed by atoms with Gasteiger partial charge in [0.1, 0.15) is 6.61 Å². The van der Waals surface area contributed by atoms with Crippen LogP contribution in [0.5, 0.6) is 0 Å². The van der Waals surface area contributed by atoms with Crippen LogP contribution < -0.4 is 5.73 Å². The zero-order chi connectivity index (χ0) is 15.0. The summed E-state index contributed by atoms with van der Waals surface area (Å²) in [6.45, 7) is 7.66. The molecular formula is C13H26F3N3O. The molecule has 1 fully saturated rings. The maximum absolute atomic E-state index is 11.9. The van der Waals surface area contributed by atoms with Crippen molar-refractivity contribution in [2.75, 3.05) is 59.0 Å². The lowest BCUT2D eigenvalue weighted by atomic mass is 10.1. The van der Waals surface area contributed by atoms with E-state index in [1.54, 1.807) is 0 Å². The highest BCUT2D eigenvalue weighted by atomic mass is 19.4. The van der Waals surface area contributed by atoms with Gasteiger partial charge in [-0.1, -0.05) is 6.92 Å². The minimum absolute atomic E-state index is 0.171. The molecule has 20 heavy (non-hydrogen) atoms. The average molecular weight is 297 g/mol. The van der Waals surface area contributed by atoms with E-state index in [0.717, 1.165) is 39.3 Å². The number of rotatable bonds is 8. The fourth-order valence-corrected chi connectivity index (χ4v) is 2.29. The zero-order valence-electron chi connectivity index (χ0n) is 12.2. The first-order valence-corrected chi connectivity index (χ1v) is 7.20. The minimum Gasteiger partial charge on any atom is -0.372 e. The Kier molecular flexibility index (Phi) is 7.79. The van der Waals surface area contributed by atoms with Gasteiger partial charge in [-0.25, -0.2) is 0 Å². The number of nitrogens with two attached hydrogens (primary N) is 1. The predicted octanol–water partition coefficient (Wildman–Crippen LogP) is 1.17. The zero-order valence-corrected chi connectivity index (χ0v) is 12.2. The summed E-state index contributed by atoms with van der Waals surface area (Å²) in [5.74, 6) is 0.511. The second kappa shape index (κ2) is 8.81. The van der Waals surface area contributed by atoms with Crippen molar-refractivity contribution < 1.29 is 17.9 Å². The third kappa shape index (κ3) is 8.04. The first kappa shape index (κ1) is 17.7. The first-order valence-electron chi connectivity index (χ1n) is 7.20. The number of hydrogen-bond donors (Lipinski definition) is 1. The molecule has 0 radical (unpaired) electrons. The number of ether oxygens (including phenoxy) is 1. The summed E-state index contributed by atoms with van der Waals surface area (Å²) >= 11 is 0. The predicted molar refractivity (Wildman–Crippen MR) is 72.6 cm³/mol. The van der Waals surface area contributed by atoms with Gasteiger partial charge >= 0.3 is 6.18 Å². The van der Waals surface area contributed by atoms with Gasteiger partial charge in [-0.2, -0.15) is 13.2 Å². The molecule has 0 aromatic carbocycles. The van der Waals surface area contributed by atoms with Crippen molar-refractivity contribution in [1.82, 2.24) is 9.80 Å². The lowest BCUT2D eigenvalue weighted by molar-refractivity contribution is -0.174. The molecule has 1 unspecified atom stereocenters. The van der Waals surface area contributed by atoms with E-state index < -0.39 is 12.8 Å². The number of nitrogens with zero attached hydrogens (tertiary/aromatic N) is 2. The Morgan fingerprint density at radius 3 is 2.30 bits per heavy atom. The molecule has 0 amide bonds. The van der Waals surface area contributed by atoms with E-state index in [4.69, 9.17) is 5.73 Å². The monoisotopic (exact) mass is 297 g/mol. The Hall–Kier alpha value is -0.370. The Balaban J connectivity index is 2.02. The van der Waals surface area contributed by atoms with Crippen molar-refractivity contribution in [1.29, 1.82) is 0 Å². The summed E-state index contributed by atoms with van der Waals surface area (Å²) in [6, 6.07) is 0. The average Bonchev–Trinajstić information content (AvgIpc) is 2.39.